The van der Waals surface area contributed by atoms with Gasteiger partial charge in [-0.25, -0.2) is 0 Å². The first-order chi connectivity index (χ1) is 9.22. The van der Waals surface area contributed by atoms with Crippen LogP contribution in [0, 0.1) is 24.2 Å². The molecular weight excluding hydrogens is 232 g/mol. The molecule has 1 saturated carbocycles. The van der Waals surface area contributed by atoms with E-state index in [4.69, 9.17) is 6.42 Å². The highest BCUT2D eigenvalue weighted by Gasteiger charge is 2.23. The largest absolute Gasteiger partial charge is 0.316 e. The molecule has 0 radical (unpaired) electrons. The van der Waals surface area contributed by atoms with Gasteiger partial charge in [-0.2, -0.15) is 0 Å². The Morgan fingerprint density at radius 1 is 1.21 bits per heavy atom. The maximum Gasteiger partial charge on any atom is 0.0599 e. The summed E-state index contributed by atoms with van der Waals surface area (Å²) >= 11 is 0. The second kappa shape index (κ2) is 10.3. The van der Waals surface area contributed by atoms with Gasteiger partial charge in [-0.1, -0.05) is 32.6 Å². The zero-order valence-corrected chi connectivity index (χ0v) is 13.0. The fourth-order valence-corrected chi connectivity index (χ4v) is 2.36. The highest BCUT2D eigenvalue weighted by atomic mass is 15.1. The standard InChI is InChI=1S/C17H32N2/c1-4-12-19(15-17-9-10-17)13-8-6-5-7-11-18-14-16(2)3/h1,16-18H,5-15H2,2-3H3. The first kappa shape index (κ1) is 16.5. The monoisotopic (exact) mass is 264 g/mol. The van der Waals surface area contributed by atoms with E-state index in [-0.39, 0.29) is 0 Å². The molecule has 0 amide bonds. The summed E-state index contributed by atoms with van der Waals surface area (Å²) in [6, 6.07) is 0. The van der Waals surface area contributed by atoms with E-state index in [0.29, 0.717) is 0 Å². The molecule has 0 spiro atoms. The average molecular weight is 264 g/mol. The molecule has 0 atom stereocenters. The van der Waals surface area contributed by atoms with Crippen molar-refractivity contribution in [3.63, 3.8) is 0 Å². The van der Waals surface area contributed by atoms with Crippen molar-refractivity contribution in [2.24, 2.45) is 11.8 Å². The van der Waals surface area contributed by atoms with Crippen LogP contribution in [0.15, 0.2) is 0 Å². The van der Waals surface area contributed by atoms with Crippen LogP contribution < -0.4 is 5.32 Å². The molecule has 0 aliphatic heterocycles. The van der Waals surface area contributed by atoms with Crippen molar-refractivity contribution in [3.05, 3.63) is 0 Å². The summed E-state index contributed by atoms with van der Waals surface area (Å²) in [5, 5.41) is 3.50. The number of rotatable bonds is 12. The number of hydrogen-bond acceptors (Lipinski definition) is 2. The maximum atomic E-state index is 5.44. The third-order valence-electron chi connectivity index (χ3n) is 3.66. The van der Waals surface area contributed by atoms with Crippen LogP contribution in [0.1, 0.15) is 52.4 Å². The summed E-state index contributed by atoms with van der Waals surface area (Å²) in [7, 11) is 0. The highest BCUT2D eigenvalue weighted by molar-refractivity contribution is 4.90. The van der Waals surface area contributed by atoms with Crippen molar-refractivity contribution in [1.29, 1.82) is 0 Å². The van der Waals surface area contributed by atoms with Crippen molar-refractivity contribution < 1.29 is 0 Å². The zero-order chi connectivity index (χ0) is 13.9. The minimum absolute atomic E-state index is 0.764. The molecule has 0 aromatic carbocycles. The molecule has 0 aromatic rings. The third-order valence-corrected chi connectivity index (χ3v) is 3.66. The van der Waals surface area contributed by atoms with Gasteiger partial charge in [0.2, 0.25) is 0 Å². The van der Waals surface area contributed by atoms with Gasteiger partial charge in [0.15, 0.2) is 0 Å². The Balaban J connectivity index is 1.89. The predicted molar refractivity (Wildman–Crippen MR) is 84.2 cm³/mol. The smallest absolute Gasteiger partial charge is 0.0599 e. The van der Waals surface area contributed by atoms with Gasteiger partial charge >= 0.3 is 0 Å². The van der Waals surface area contributed by atoms with Gasteiger partial charge in [-0.05, 0) is 57.2 Å². The van der Waals surface area contributed by atoms with Gasteiger partial charge < -0.3 is 5.32 Å². The minimum Gasteiger partial charge on any atom is -0.316 e. The summed E-state index contributed by atoms with van der Waals surface area (Å²) < 4.78 is 0. The minimum atomic E-state index is 0.764. The lowest BCUT2D eigenvalue weighted by Gasteiger charge is -2.19. The molecule has 0 aromatic heterocycles. The second-order valence-corrected chi connectivity index (χ2v) is 6.39. The molecule has 2 nitrogen and oxygen atoms in total. The van der Waals surface area contributed by atoms with E-state index in [1.54, 1.807) is 0 Å². The van der Waals surface area contributed by atoms with Crippen LogP contribution in [0.4, 0.5) is 0 Å². The van der Waals surface area contributed by atoms with Crippen molar-refractivity contribution in [2.45, 2.75) is 52.4 Å². The van der Waals surface area contributed by atoms with Gasteiger partial charge in [0.05, 0.1) is 6.54 Å². The number of terminal acetylenes is 1. The Hall–Kier alpha value is -0.520. The van der Waals surface area contributed by atoms with Crippen molar-refractivity contribution in [1.82, 2.24) is 10.2 Å². The Kier molecular flexibility index (Phi) is 8.95. The van der Waals surface area contributed by atoms with Crippen LogP contribution in [-0.2, 0) is 0 Å². The van der Waals surface area contributed by atoms with Crippen molar-refractivity contribution in [2.75, 3.05) is 32.7 Å². The summed E-state index contributed by atoms with van der Waals surface area (Å²) in [6.07, 6.45) is 13.6. The van der Waals surface area contributed by atoms with Gasteiger partial charge in [-0.3, -0.25) is 4.90 Å². The first-order valence-corrected chi connectivity index (χ1v) is 8.09. The van der Waals surface area contributed by atoms with Crippen LogP contribution >= 0.6 is 0 Å². The second-order valence-electron chi connectivity index (χ2n) is 6.39. The van der Waals surface area contributed by atoms with E-state index in [9.17, 15) is 0 Å². The Labute approximate surface area is 120 Å². The summed E-state index contributed by atoms with van der Waals surface area (Å²) in [5.41, 5.74) is 0. The van der Waals surface area contributed by atoms with E-state index in [1.165, 1.54) is 58.2 Å². The van der Waals surface area contributed by atoms with Crippen LogP contribution in [-0.4, -0.2) is 37.6 Å². The number of hydrogen-bond donors (Lipinski definition) is 1. The van der Waals surface area contributed by atoms with Crippen LogP contribution in [0.3, 0.4) is 0 Å². The predicted octanol–water partition coefficient (Wildman–Crippen LogP) is 3.14. The van der Waals surface area contributed by atoms with E-state index >= 15 is 0 Å². The molecule has 0 bridgehead atoms. The molecule has 1 rings (SSSR count). The van der Waals surface area contributed by atoms with E-state index in [1.807, 2.05) is 0 Å². The molecule has 0 heterocycles. The van der Waals surface area contributed by atoms with Crippen molar-refractivity contribution >= 4 is 0 Å². The van der Waals surface area contributed by atoms with Crippen molar-refractivity contribution in [3.8, 4) is 12.3 Å². The fourth-order valence-electron chi connectivity index (χ4n) is 2.36. The Morgan fingerprint density at radius 3 is 2.58 bits per heavy atom. The van der Waals surface area contributed by atoms with Gasteiger partial charge in [0, 0.05) is 6.54 Å². The molecule has 0 unspecified atom stereocenters. The van der Waals surface area contributed by atoms with E-state index in [2.05, 4.69) is 30.0 Å². The molecule has 0 saturated heterocycles. The molecule has 1 aliphatic rings. The lowest BCUT2D eigenvalue weighted by atomic mass is 10.1. The normalized spacial score (nSPS) is 15.1. The lowest BCUT2D eigenvalue weighted by molar-refractivity contribution is 0.286. The van der Waals surface area contributed by atoms with Gasteiger partial charge in [0.1, 0.15) is 0 Å². The van der Waals surface area contributed by atoms with Gasteiger partial charge in [-0.15, -0.1) is 6.42 Å². The number of nitrogens with one attached hydrogen (secondary N) is 1. The number of nitrogens with zero attached hydrogens (tertiary/aromatic N) is 1. The van der Waals surface area contributed by atoms with E-state index in [0.717, 1.165) is 24.9 Å². The number of unbranched alkanes of at least 4 members (excludes halogenated alkanes) is 3. The van der Waals surface area contributed by atoms with E-state index < -0.39 is 0 Å². The van der Waals surface area contributed by atoms with Crippen LogP contribution in [0.25, 0.3) is 0 Å². The first-order valence-electron chi connectivity index (χ1n) is 8.09. The molecule has 1 aliphatic carbocycles. The molecule has 19 heavy (non-hydrogen) atoms. The Bertz CT molecular complexity index is 250. The average Bonchev–Trinajstić information content (AvgIpc) is 3.16. The maximum absolute atomic E-state index is 5.44. The summed E-state index contributed by atoms with van der Waals surface area (Å²) in [5.74, 6) is 4.51. The van der Waals surface area contributed by atoms with Gasteiger partial charge in [0.25, 0.3) is 0 Å². The highest BCUT2D eigenvalue weighted by Crippen LogP contribution is 2.29. The quantitative estimate of drug-likeness (QED) is 0.430. The van der Waals surface area contributed by atoms with Crippen LogP contribution in [0.2, 0.25) is 0 Å². The SMILES string of the molecule is C#CCN(CCCCCCNCC(C)C)CC1CC1. The fraction of sp³-hybridized carbons (Fsp3) is 0.882. The molecule has 110 valence electrons. The Morgan fingerprint density at radius 2 is 1.95 bits per heavy atom. The summed E-state index contributed by atoms with van der Waals surface area (Å²) in [6.45, 7) is 10.1. The molecule has 2 heteroatoms. The molecular formula is C17H32N2. The zero-order valence-electron chi connectivity index (χ0n) is 13.0. The summed E-state index contributed by atoms with van der Waals surface area (Å²) in [4.78, 5) is 2.47. The lowest BCUT2D eigenvalue weighted by Crippen LogP contribution is -2.27. The van der Waals surface area contributed by atoms with Crippen LogP contribution in [0.5, 0.6) is 0 Å². The topological polar surface area (TPSA) is 15.3 Å². The molecule has 1 N–H and O–H groups in total. The third kappa shape index (κ3) is 9.99. The molecule has 1 fully saturated rings.